The van der Waals surface area contributed by atoms with Crippen LogP contribution < -0.4 is 4.90 Å². The molecule has 7 nitrogen and oxygen atoms in total. The van der Waals surface area contributed by atoms with E-state index in [0.29, 0.717) is 24.7 Å². The molecule has 0 aromatic carbocycles. The first-order valence-electron chi connectivity index (χ1n) is 10.5. The largest absolute Gasteiger partial charge is 0.378 e. The zero-order chi connectivity index (χ0) is 18.5. The van der Waals surface area contributed by atoms with Crippen molar-refractivity contribution in [2.24, 2.45) is 5.92 Å². The van der Waals surface area contributed by atoms with Crippen molar-refractivity contribution in [2.75, 3.05) is 63.9 Å². The molecule has 1 aromatic heterocycles. The SMILES string of the molecule is O=C(c1cnc(N2CCOCC2)nc1)N1CCC(CCN2CCCC2)CC1. The fourth-order valence-electron chi connectivity index (χ4n) is 4.34. The maximum Gasteiger partial charge on any atom is 0.256 e. The number of hydrogen-bond acceptors (Lipinski definition) is 6. The first kappa shape index (κ1) is 18.6. The van der Waals surface area contributed by atoms with Crippen LogP contribution in [0.2, 0.25) is 0 Å². The van der Waals surface area contributed by atoms with E-state index in [0.717, 1.165) is 44.9 Å². The fraction of sp³-hybridized carbons (Fsp3) is 0.750. The Bertz CT molecular complexity index is 603. The maximum absolute atomic E-state index is 12.8. The van der Waals surface area contributed by atoms with E-state index >= 15 is 0 Å². The molecule has 3 aliphatic heterocycles. The highest BCUT2D eigenvalue weighted by atomic mass is 16.5. The Morgan fingerprint density at radius 2 is 1.67 bits per heavy atom. The van der Waals surface area contributed by atoms with Gasteiger partial charge in [0.25, 0.3) is 5.91 Å². The molecule has 1 aromatic rings. The van der Waals surface area contributed by atoms with E-state index in [1.54, 1.807) is 12.4 Å². The van der Waals surface area contributed by atoms with E-state index < -0.39 is 0 Å². The van der Waals surface area contributed by atoms with Crippen LogP contribution >= 0.6 is 0 Å². The molecule has 0 radical (unpaired) electrons. The van der Waals surface area contributed by atoms with Crippen molar-refractivity contribution in [3.8, 4) is 0 Å². The minimum atomic E-state index is 0.0709. The van der Waals surface area contributed by atoms with Crippen LogP contribution in [0, 0.1) is 5.92 Å². The van der Waals surface area contributed by atoms with Crippen LogP contribution in [-0.2, 0) is 4.74 Å². The molecule has 27 heavy (non-hydrogen) atoms. The van der Waals surface area contributed by atoms with Crippen LogP contribution in [0.25, 0.3) is 0 Å². The van der Waals surface area contributed by atoms with Crippen LogP contribution in [0.5, 0.6) is 0 Å². The van der Waals surface area contributed by atoms with Crippen molar-refractivity contribution >= 4 is 11.9 Å². The normalized spacial score (nSPS) is 22.4. The molecule has 0 aliphatic carbocycles. The third-order valence-electron chi connectivity index (χ3n) is 6.13. The third-order valence-corrected chi connectivity index (χ3v) is 6.13. The number of nitrogens with zero attached hydrogens (tertiary/aromatic N) is 5. The van der Waals surface area contributed by atoms with Crippen molar-refractivity contribution in [3.63, 3.8) is 0 Å². The number of amides is 1. The second-order valence-corrected chi connectivity index (χ2v) is 7.94. The minimum Gasteiger partial charge on any atom is -0.378 e. The van der Waals surface area contributed by atoms with Gasteiger partial charge in [-0.1, -0.05) is 0 Å². The lowest BCUT2D eigenvalue weighted by Crippen LogP contribution is -2.39. The average molecular weight is 374 g/mol. The highest BCUT2D eigenvalue weighted by molar-refractivity contribution is 5.93. The number of ether oxygens (including phenoxy) is 1. The van der Waals surface area contributed by atoms with E-state index in [1.807, 2.05) is 4.90 Å². The predicted octanol–water partition coefficient (Wildman–Crippen LogP) is 1.65. The summed E-state index contributed by atoms with van der Waals surface area (Å²) in [6.45, 7) is 8.51. The number of aromatic nitrogens is 2. The Hall–Kier alpha value is -1.73. The van der Waals surface area contributed by atoms with E-state index in [-0.39, 0.29) is 5.91 Å². The summed E-state index contributed by atoms with van der Waals surface area (Å²) in [5, 5.41) is 0. The van der Waals surface area contributed by atoms with Crippen LogP contribution in [0.15, 0.2) is 12.4 Å². The minimum absolute atomic E-state index is 0.0709. The molecule has 0 bridgehead atoms. The Kier molecular flexibility index (Phi) is 6.19. The molecule has 0 unspecified atom stereocenters. The smallest absolute Gasteiger partial charge is 0.256 e. The Morgan fingerprint density at radius 1 is 1.00 bits per heavy atom. The van der Waals surface area contributed by atoms with Gasteiger partial charge in [-0.3, -0.25) is 4.79 Å². The monoisotopic (exact) mass is 373 g/mol. The van der Waals surface area contributed by atoms with Gasteiger partial charge in [-0.2, -0.15) is 0 Å². The molecule has 3 fully saturated rings. The zero-order valence-electron chi connectivity index (χ0n) is 16.2. The number of likely N-dealkylation sites (tertiary alicyclic amines) is 2. The highest BCUT2D eigenvalue weighted by Gasteiger charge is 2.25. The first-order valence-corrected chi connectivity index (χ1v) is 10.5. The van der Waals surface area contributed by atoms with Gasteiger partial charge in [-0.25, -0.2) is 9.97 Å². The summed E-state index contributed by atoms with van der Waals surface area (Å²) in [4.78, 5) is 28.3. The molecular weight excluding hydrogens is 342 g/mol. The Morgan fingerprint density at radius 3 is 2.33 bits per heavy atom. The van der Waals surface area contributed by atoms with Gasteiger partial charge >= 0.3 is 0 Å². The van der Waals surface area contributed by atoms with Crippen molar-refractivity contribution < 1.29 is 9.53 Å². The molecule has 0 atom stereocenters. The van der Waals surface area contributed by atoms with E-state index in [2.05, 4.69) is 19.8 Å². The van der Waals surface area contributed by atoms with Crippen molar-refractivity contribution in [3.05, 3.63) is 18.0 Å². The second kappa shape index (κ2) is 8.97. The fourth-order valence-corrected chi connectivity index (χ4v) is 4.34. The lowest BCUT2D eigenvalue weighted by Gasteiger charge is -2.33. The molecule has 0 N–H and O–H groups in total. The van der Waals surface area contributed by atoms with E-state index in [9.17, 15) is 4.79 Å². The summed E-state index contributed by atoms with van der Waals surface area (Å²) in [5.41, 5.74) is 0.600. The predicted molar refractivity (Wildman–Crippen MR) is 104 cm³/mol. The Balaban J connectivity index is 1.24. The summed E-state index contributed by atoms with van der Waals surface area (Å²) in [6.07, 6.45) is 9.59. The quantitative estimate of drug-likeness (QED) is 0.782. The number of piperidine rings is 1. The molecule has 148 valence electrons. The van der Waals surface area contributed by atoms with Crippen LogP contribution in [0.3, 0.4) is 0 Å². The topological polar surface area (TPSA) is 61.8 Å². The number of carbonyl (C=O) groups excluding carboxylic acids is 1. The van der Waals surface area contributed by atoms with Crippen LogP contribution in [-0.4, -0.2) is 84.7 Å². The Labute approximate surface area is 161 Å². The molecule has 1 amide bonds. The summed E-state index contributed by atoms with van der Waals surface area (Å²) in [7, 11) is 0. The molecule has 4 heterocycles. The van der Waals surface area contributed by atoms with Crippen LogP contribution in [0.4, 0.5) is 5.95 Å². The molecule has 7 heteroatoms. The van der Waals surface area contributed by atoms with E-state index in [1.165, 1.54) is 38.9 Å². The lowest BCUT2D eigenvalue weighted by molar-refractivity contribution is 0.0681. The summed E-state index contributed by atoms with van der Waals surface area (Å²) >= 11 is 0. The standard InChI is InChI=1S/C20H31N5O2/c26-19(18-15-21-20(22-16-18)25-11-13-27-14-12-25)24-9-4-17(5-10-24)3-8-23-6-1-2-7-23/h15-17H,1-14H2. The average Bonchev–Trinajstić information content (AvgIpc) is 3.27. The number of hydrogen-bond donors (Lipinski definition) is 0. The molecule has 0 saturated carbocycles. The number of morpholine rings is 1. The molecular formula is C20H31N5O2. The molecule has 4 rings (SSSR count). The molecule has 3 aliphatic rings. The summed E-state index contributed by atoms with van der Waals surface area (Å²) in [6, 6.07) is 0. The van der Waals surface area contributed by atoms with Gasteiger partial charge in [-0.15, -0.1) is 0 Å². The van der Waals surface area contributed by atoms with Gasteiger partial charge in [0.1, 0.15) is 0 Å². The second-order valence-electron chi connectivity index (χ2n) is 7.94. The maximum atomic E-state index is 12.8. The molecule has 0 spiro atoms. The summed E-state index contributed by atoms with van der Waals surface area (Å²) < 4.78 is 5.36. The molecule has 3 saturated heterocycles. The van der Waals surface area contributed by atoms with E-state index in [4.69, 9.17) is 4.74 Å². The number of anilines is 1. The van der Waals surface area contributed by atoms with Crippen LogP contribution in [0.1, 0.15) is 42.5 Å². The van der Waals surface area contributed by atoms with Crippen molar-refractivity contribution in [1.82, 2.24) is 19.8 Å². The first-order chi connectivity index (χ1) is 13.3. The van der Waals surface area contributed by atoms with Gasteiger partial charge in [0.15, 0.2) is 0 Å². The zero-order valence-corrected chi connectivity index (χ0v) is 16.2. The number of carbonyl (C=O) groups is 1. The van der Waals surface area contributed by atoms with Gasteiger partial charge < -0.3 is 19.4 Å². The third kappa shape index (κ3) is 4.76. The summed E-state index contributed by atoms with van der Waals surface area (Å²) in [5.74, 6) is 1.52. The van der Waals surface area contributed by atoms with Gasteiger partial charge in [0.2, 0.25) is 5.95 Å². The number of rotatable bonds is 5. The van der Waals surface area contributed by atoms with Gasteiger partial charge in [0.05, 0.1) is 18.8 Å². The van der Waals surface area contributed by atoms with Gasteiger partial charge in [0, 0.05) is 38.6 Å². The van der Waals surface area contributed by atoms with Crippen molar-refractivity contribution in [1.29, 1.82) is 0 Å². The highest BCUT2D eigenvalue weighted by Crippen LogP contribution is 2.23. The van der Waals surface area contributed by atoms with Crippen molar-refractivity contribution in [2.45, 2.75) is 32.1 Å². The van der Waals surface area contributed by atoms with Gasteiger partial charge in [-0.05, 0) is 57.7 Å². The lowest BCUT2D eigenvalue weighted by atomic mass is 9.93.